The van der Waals surface area contributed by atoms with Crippen LogP contribution in [-0.2, 0) is 9.53 Å². The molecule has 96 valence electrons. The lowest BCUT2D eigenvalue weighted by atomic mass is 9.88. The quantitative estimate of drug-likeness (QED) is 0.589. The number of carbonyl (C=O) groups is 1. The van der Waals surface area contributed by atoms with Gasteiger partial charge in [0.05, 0.1) is 0 Å². The summed E-state index contributed by atoms with van der Waals surface area (Å²) < 4.78 is 4.88. The summed E-state index contributed by atoms with van der Waals surface area (Å²) >= 11 is 0. The molecule has 0 radical (unpaired) electrons. The van der Waals surface area contributed by atoms with Gasteiger partial charge in [-0.3, -0.25) is 4.79 Å². The first-order valence-corrected chi connectivity index (χ1v) is 5.88. The van der Waals surface area contributed by atoms with Crippen LogP contribution in [0.25, 0.3) is 0 Å². The number of carbonyl (C=O) groups excluding carboxylic acids is 1. The first kappa shape index (κ1) is 15.4. The summed E-state index contributed by atoms with van der Waals surface area (Å²) in [5, 5.41) is 11.7. The van der Waals surface area contributed by atoms with Gasteiger partial charge in [0.25, 0.3) is 0 Å². The molecule has 16 heavy (non-hydrogen) atoms. The van der Waals surface area contributed by atoms with Crippen molar-refractivity contribution in [3.05, 3.63) is 0 Å². The van der Waals surface area contributed by atoms with Crippen LogP contribution in [0.2, 0.25) is 0 Å². The molecule has 0 aliphatic rings. The average Bonchev–Trinajstić information content (AvgIpc) is 2.24. The Hall–Kier alpha value is -0.610. The van der Waals surface area contributed by atoms with Crippen LogP contribution in [0.3, 0.4) is 0 Å². The van der Waals surface area contributed by atoms with Crippen molar-refractivity contribution in [2.24, 2.45) is 5.41 Å². The molecule has 1 amide bonds. The second-order valence-electron chi connectivity index (χ2n) is 4.86. The molecule has 0 aliphatic carbocycles. The summed E-state index contributed by atoms with van der Waals surface area (Å²) in [7, 11) is 1.63. The predicted molar refractivity (Wildman–Crippen MR) is 64.2 cm³/mol. The fourth-order valence-corrected chi connectivity index (χ4v) is 1.45. The number of amides is 1. The van der Waals surface area contributed by atoms with Crippen LogP contribution < -0.4 is 5.32 Å². The fourth-order valence-electron chi connectivity index (χ4n) is 1.45. The molecule has 0 aliphatic heterocycles. The maximum atomic E-state index is 11.4. The van der Waals surface area contributed by atoms with Gasteiger partial charge in [-0.05, 0) is 24.7 Å². The molecule has 0 spiro atoms. The van der Waals surface area contributed by atoms with Crippen molar-refractivity contribution in [3.63, 3.8) is 0 Å². The summed E-state index contributed by atoms with van der Waals surface area (Å²) in [5.41, 5.74) is 0.0552. The van der Waals surface area contributed by atoms with Gasteiger partial charge in [-0.2, -0.15) is 0 Å². The highest BCUT2D eigenvalue weighted by Gasteiger charge is 2.17. The number of ether oxygens (including phenoxy) is 1. The minimum Gasteiger partial charge on any atom is -0.396 e. The van der Waals surface area contributed by atoms with Gasteiger partial charge in [0.2, 0.25) is 5.91 Å². The van der Waals surface area contributed by atoms with Crippen molar-refractivity contribution < 1.29 is 14.6 Å². The lowest BCUT2D eigenvalue weighted by Crippen LogP contribution is -2.34. The van der Waals surface area contributed by atoms with E-state index in [1.165, 1.54) is 0 Å². The van der Waals surface area contributed by atoms with Crippen molar-refractivity contribution >= 4 is 5.91 Å². The minimum absolute atomic E-state index is 0.0552. The normalized spacial score (nSPS) is 11.5. The molecule has 0 aromatic rings. The Morgan fingerprint density at radius 2 is 2.06 bits per heavy atom. The zero-order valence-electron chi connectivity index (χ0n) is 10.7. The van der Waals surface area contributed by atoms with Gasteiger partial charge in [-0.15, -0.1) is 0 Å². The summed E-state index contributed by atoms with van der Waals surface area (Å²) in [5.74, 6) is 0.0779. The van der Waals surface area contributed by atoms with E-state index < -0.39 is 0 Å². The number of nitrogens with one attached hydrogen (secondary N) is 1. The van der Waals surface area contributed by atoms with Crippen LogP contribution in [0, 0.1) is 5.41 Å². The third kappa shape index (κ3) is 8.68. The molecule has 0 saturated heterocycles. The Morgan fingerprint density at radius 1 is 1.38 bits per heavy atom. The Kier molecular flexibility index (Phi) is 8.21. The highest BCUT2D eigenvalue weighted by atomic mass is 16.5. The first-order valence-electron chi connectivity index (χ1n) is 5.88. The van der Waals surface area contributed by atoms with Crippen molar-refractivity contribution in [2.45, 2.75) is 39.5 Å². The van der Waals surface area contributed by atoms with Crippen LogP contribution in [0.4, 0.5) is 0 Å². The Balaban J connectivity index is 3.64. The van der Waals surface area contributed by atoms with E-state index in [-0.39, 0.29) is 17.9 Å². The van der Waals surface area contributed by atoms with Crippen molar-refractivity contribution in [1.82, 2.24) is 5.32 Å². The molecule has 4 nitrogen and oxygen atoms in total. The van der Waals surface area contributed by atoms with Gasteiger partial charge in [0.1, 0.15) is 0 Å². The number of hydrogen-bond donors (Lipinski definition) is 2. The SMILES string of the molecule is COCCCC(=O)NCC(C)(C)CCCO. The van der Waals surface area contributed by atoms with E-state index in [1.807, 2.05) is 0 Å². The molecule has 2 N–H and O–H groups in total. The molecule has 0 aromatic carbocycles. The Bertz CT molecular complexity index is 193. The van der Waals surface area contributed by atoms with E-state index in [1.54, 1.807) is 7.11 Å². The molecule has 4 heteroatoms. The highest BCUT2D eigenvalue weighted by Crippen LogP contribution is 2.20. The molecule has 0 fully saturated rings. The van der Waals surface area contributed by atoms with Gasteiger partial charge < -0.3 is 15.2 Å². The monoisotopic (exact) mass is 231 g/mol. The van der Waals surface area contributed by atoms with E-state index >= 15 is 0 Å². The molecule has 0 heterocycles. The van der Waals surface area contributed by atoms with Gasteiger partial charge in [0, 0.05) is 33.3 Å². The highest BCUT2D eigenvalue weighted by molar-refractivity contribution is 5.75. The molecule has 0 atom stereocenters. The summed E-state index contributed by atoms with van der Waals surface area (Å²) in [6.07, 6.45) is 2.98. The maximum absolute atomic E-state index is 11.4. The summed E-state index contributed by atoms with van der Waals surface area (Å²) in [6, 6.07) is 0. The predicted octanol–water partition coefficient (Wildman–Crippen LogP) is 1.33. The largest absolute Gasteiger partial charge is 0.396 e. The minimum atomic E-state index is 0.0552. The molecular weight excluding hydrogens is 206 g/mol. The third-order valence-electron chi connectivity index (χ3n) is 2.53. The van der Waals surface area contributed by atoms with Crippen molar-refractivity contribution in [3.8, 4) is 0 Å². The number of aliphatic hydroxyl groups excluding tert-OH is 1. The van der Waals surface area contributed by atoms with Gasteiger partial charge in [0.15, 0.2) is 0 Å². The third-order valence-corrected chi connectivity index (χ3v) is 2.53. The van der Waals surface area contributed by atoms with Crippen LogP contribution in [0.5, 0.6) is 0 Å². The topological polar surface area (TPSA) is 58.6 Å². The van der Waals surface area contributed by atoms with Gasteiger partial charge in [-0.1, -0.05) is 13.8 Å². The molecule has 0 unspecified atom stereocenters. The first-order chi connectivity index (χ1) is 7.52. The zero-order valence-corrected chi connectivity index (χ0v) is 10.7. The zero-order chi connectivity index (χ0) is 12.4. The second kappa shape index (κ2) is 8.53. The molecular formula is C12H25NO3. The number of methoxy groups -OCH3 is 1. The molecule has 0 saturated carbocycles. The van der Waals surface area contributed by atoms with Crippen LogP contribution >= 0.6 is 0 Å². The fraction of sp³-hybridized carbons (Fsp3) is 0.917. The molecule has 0 bridgehead atoms. The number of hydrogen-bond acceptors (Lipinski definition) is 3. The standard InChI is InChI=1S/C12H25NO3/c1-12(2,7-5-8-14)10-13-11(15)6-4-9-16-3/h14H,4-10H2,1-3H3,(H,13,15). The van der Waals surface area contributed by atoms with E-state index in [0.29, 0.717) is 19.6 Å². The van der Waals surface area contributed by atoms with Crippen LogP contribution in [0.1, 0.15) is 39.5 Å². The van der Waals surface area contributed by atoms with Crippen LogP contribution in [0.15, 0.2) is 0 Å². The second-order valence-corrected chi connectivity index (χ2v) is 4.86. The average molecular weight is 231 g/mol. The van der Waals surface area contributed by atoms with Crippen LogP contribution in [-0.4, -0.2) is 37.9 Å². The molecule has 0 rings (SSSR count). The number of rotatable bonds is 9. The van der Waals surface area contributed by atoms with Crippen molar-refractivity contribution in [2.75, 3.05) is 26.9 Å². The maximum Gasteiger partial charge on any atom is 0.220 e. The summed E-state index contributed by atoms with van der Waals surface area (Å²) in [4.78, 5) is 11.4. The Labute approximate surface area is 98.4 Å². The summed E-state index contributed by atoms with van der Waals surface area (Å²) in [6.45, 7) is 5.70. The molecule has 0 aromatic heterocycles. The Morgan fingerprint density at radius 3 is 2.62 bits per heavy atom. The number of aliphatic hydroxyl groups is 1. The smallest absolute Gasteiger partial charge is 0.220 e. The lowest BCUT2D eigenvalue weighted by molar-refractivity contribution is -0.121. The van der Waals surface area contributed by atoms with E-state index in [0.717, 1.165) is 19.3 Å². The van der Waals surface area contributed by atoms with Gasteiger partial charge in [-0.25, -0.2) is 0 Å². The van der Waals surface area contributed by atoms with Crippen molar-refractivity contribution in [1.29, 1.82) is 0 Å². The van der Waals surface area contributed by atoms with E-state index in [4.69, 9.17) is 9.84 Å². The van der Waals surface area contributed by atoms with E-state index in [2.05, 4.69) is 19.2 Å². The van der Waals surface area contributed by atoms with Gasteiger partial charge >= 0.3 is 0 Å². The van der Waals surface area contributed by atoms with E-state index in [9.17, 15) is 4.79 Å². The lowest BCUT2D eigenvalue weighted by Gasteiger charge is -2.24.